The minimum Gasteiger partial charge on any atom is -0.248 e. The number of nitrogens with zero attached hydrogens (tertiary/aromatic N) is 1. The lowest BCUT2D eigenvalue weighted by Crippen LogP contribution is -1.86. The van der Waals surface area contributed by atoms with Crippen molar-refractivity contribution in [2.45, 2.75) is 29.7 Å². The average molecular weight is 308 g/mol. The minimum atomic E-state index is 0.583. The average Bonchev–Trinajstić information content (AvgIpc) is 2.33. The Bertz CT molecular complexity index is 477. The quantitative estimate of drug-likeness (QED) is 0.780. The van der Waals surface area contributed by atoms with Gasteiger partial charge in [0.05, 0.1) is 0 Å². The summed E-state index contributed by atoms with van der Waals surface area (Å²) in [4.78, 5) is 5.57. The van der Waals surface area contributed by atoms with E-state index >= 15 is 0 Å². The summed E-state index contributed by atoms with van der Waals surface area (Å²) < 4.78 is 1.01. The van der Waals surface area contributed by atoms with Crippen molar-refractivity contribution in [3.05, 3.63) is 52.6 Å². The zero-order valence-electron chi connectivity index (χ0n) is 9.85. The van der Waals surface area contributed by atoms with E-state index in [0.29, 0.717) is 5.92 Å². The Morgan fingerprint density at radius 3 is 2.29 bits per heavy atom. The van der Waals surface area contributed by atoms with Crippen LogP contribution in [0.15, 0.2) is 57.0 Å². The first kappa shape index (κ1) is 12.7. The van der Waals surface area contributed by atoms with E-state index in [-0.39, 0.29) is 0 Å². The van der Waals surface area contributed by atoms with Crippen LogP contribution in [0.5, 0.6) is 0 Å². The van der Waals surface area contributed by atoms with E-state index in [1.54, 1.807) is 11.8 Å². The van der Waals surface area contributed by atoms with Gasteiger partial charge < -0.3 is 0 Å². The van der Waals surface area contributed by atoms with Crippen LogP contribution in [0, 0.1) is 0 Å². The lowest BCUT2D eigenvalue weighted by molar-refractivity contribution is 0.865. The number of rotatable bonds is 3. The van der Waals surface area contributed by atoms with Crippen molar-refractivity contribution in [3.8, 4) is 0 Å². The monoisotopic (exact) mass is 307 g/mol. The molecule has 0 fully saturated rings. The molecular weight excluding hydrogens is 294 g/mol. The molecule has 0 radical (unpaired) electrons. The number of halogens is 1. The topological polar surface area (TPSA) is 12.9 Å². The van der Waals surface area contributed by atoms with Gasteiger partial charge in [0.1, 0.15) is 5.03 Å². The maximum atomic E-state index is 4.35. The van der Waals surface area contributed by atoms with E-state index in [4.69, 9.17) is 0 Å². The summed E-state index contributed by atoms with van der Waals surface area (Å²) in [7, 11) is 0. The summed E-state index contributed by atoms with van der Waals surface area (Å²) in [5, 5.41) is 1.02. The Hall–Kier alpha value is -0.800. The van der Waals surface area contributed by atoms with Crippen molar-refractivity contribution in [3.63, 3.8) is 0 Å². The number of pyridine rings is 1. The van der Waals surface area contributed by atoms with E-state index in [2.05, 4.69) is 59.0 Å². The fraction of sp³-hybridized carbons (Fsp3) is 0.214. The van der Waals surface area contributed by atoms with Crippen molar-refractivity contribution in [2.75, 3.05) is 0 Å². The molecule has 2 aromatic rings. The van der Waals surface area contributed by atoms with Crippen molar-refractivity contribution < 1.29 is 0 Å². The SMILES string of the molecule is CC(C)c1ccc(Sc2ccc(Br)cn2)cc1. The van der Waals surface area contributed by atoms with Crippen LogP contribution in [-0.2, 0) is 0 Å². The zero-order chi connectivity index (χ0) is 12.3. The number of hydrogen-bond donors (Lipinski definition) is 0. The number of hydrogen-bond acceptors (Lipinski definition) is 2. The second-order valence-corrected chi connectivity index (χ2v) is 6.15. The van der Waals surface area contributed by atoms with Crippen LogP contribution >= 0.6 is 27.7 Å². The van der Waals surface area contributed by atoms with E-state index in [0.717, 1.165) is 9.50 Å². The molecule has 0 saturated heterocycles. The van der Waals surface area contributed by atoms with Gasteiger partial charge in [0, 0.05) is 15.6 Å². The predicted molar refractivity (Wildman–Crippen MR) is 76.6 cm³/mol. The second kappa shape index (κ2) is 5.69. The molecule has 0 spiro atoms. The van der Waals surface area contributed by atoms with Crippen LogP contribution in [0.1, 0.15) is 25.3 Å². The maximum absolute atomic E-state index is 4.35. The minimum absolute atomic E-state index is 0.583. The molecule has 1 heterocycles. The molecule has 1 aromatic carbocycles. The van der Waals surface area contributed by atoms with Gasteiger partial charge in [-0.05, 0) is 51.7 Å². The Labute approximate surface area is 115 Å². The largest absolute Gasteiger partial charge is 0.248 e. The van der Waals surface area contributed by atoms with Gasteiger partial charge in [0.15, 0.2) is 0 Å². The highest BCUT2D eigenvalue weighted by molar-refractivity contribution is 9.10. The molecule has 0 aliphatic rings. The summed E-state index contributed by atoms with van der Waals surface area (Å²) >= 11 is 5.07. The molecule has 0 bridgehead atoms. The molecule has 88 valence electrons. The second-order valence-electron chi connectivity index (χ2n) is 4.14. The third-order valence-electron chi connectivity index (χ3n) is 2.47. The first-order chi connectivity index (χ1) is 8.15. The van der Waals surface area contributed by atoms with Gasteiger partial charge in [-0.3, -0.25) is 0 Å². The van der Waals surface area contributed by atoms with Gasteiger partial charge >= 0.3 is 0 Å². The number of benzene rings is 1. The predicted octanol–water partition coefficient (Wildman–Crippen LogP) is 5.12. The van der Waals surface area contributed by atoms with Crippen molar-refractivity contribution >= 4 is 27.7 Å². The van der Waals surface area contributed by atoms with E-state index in [9.17, 15) is 0 Å². The first-order valence-corrected chi connectivity index (χ1v) is 7.15. The Kier molecular flexibility index (Phi) is 4.24. The van der Waals surface area contributed by atoms with Crippen LogP contribution in [-0.4, -0.2) is 4.98 Å². The molecule has 1 aromatic heterocycles. The summed E-state index contributed by atoms with van der Waals surface area (Å²) in [6, 6.07) is 12.7. The Morgan fingerprint density at radius 1 is 1.06 bits per heavy atom. The summed E-state index contributed by atoms with van der Waals surface area (Å²) in [6.07, 6.45) is 1.82. The highest BCUT2D eigenvalue weighted by Crippen LogP contribution is 2.27. The molecular formula is C14H14BrNS. The molecule has 3 heteroatoms. The van der Waals surface area contributed by atoms with Gasteiger partial charge in [-0.15, -0.1) is 0 Å². The fourth-order valence-corrected chi connectivity index (χ4v) is 2.45. The molecule has 0 N–H and O–H groups in total. The molecule has 0 saturated carbocycles. The van der Waals surface area contributed by atoms with Gasteiger partial charge in [-0.2, -0.15) is 0 Å². The van der Waals surface area contributed by atoms with Crippen LogP contribution in [0.4, 0.5) is 0 Å². The van der Waals surface area contributed by atoms with Gasteiger partial charge in [-0.25, -0.2) is 4.98 Å². The maximum Gasteiger partial charge on any atom is 0.101 e. The van der Waals surface area contributed by atoms with E-state index < -0.39 is 0 Å². The van der Waals surface area contributed by atoms with E-state index in [1.165, 1.54) is 10.5 Å². The number of aromatic nitrogens is 1. The molecule has 0 amide bonds. The first-order valence-electron chi connectivity index (χ1n) is 5.54. The van der Waals surface area contributed by atoms with Gasteiger partial charge in [0.2, 0.25) is 0 Å². The fourth-order valence-electron chi connectivity index (χ4n) is 1.46. The van der Waals surface area contributed by atoms with Crippen LogP contribution in [0.25, 0.3) is 0 Å². The summed E-state index contributed by atoms with van der Waals surface area (Å²) in [5.41, 5.74) is 1.37. The van der Waals surface area contributed by atoms with Crippen LogP contribution < -0.4 is 0 Å². The Morgan fingerprint density at radius 2 is 1.76 bits per heavy atom. The Balaban J connectivity index is 2.11. The molecule has 2 rings (SSSR count). The smallest absolute Gasteiger partial charge is 0.101 e. The van der Waals surface area contributed by atoms with Crippen molar-refractivity contribution in [2.24, 2.45) is 0 Å². The molecule has 1 nitrogen and oxygen atoms in total. The van der Waals surface area contributed by atoms with Crippen molar-refractivity contribution in [1.82, 2.24) is 4.98 Å². The molecule has 0 aliphatic heterocycles. The lowest BCUT2D eigenvalue weighted by atomic mass is 10.0. The zero-order valence-corrected chi connectivity index (χ0v) is 12.3. The normalized spacial score (nSPS) is 10.8. The molecule has 0 atom stereocenters. The van der Waals surface area contributed by atoms with E-state index in [1.807, 2.05) is 18.3 Å². The lowest BCUT2D eigenvalue weighted by Gasteiger charge is -2.06. The summed E-state index contributed by atoms with van der Waals surface area (Å²) in [6.45, 7) is 4.41. The van der Waals surface area contributed by atoms with Crippen LogP contribution in [0.3, 0.4) is 0 Å². The van der Waals surface area contributed by atoms with Gasteiger partial charge in [-0.1, -0.05) is 37.7 Å². The highest BCUT2D eigenvalue weighted by Gasteiger charge is 2.01. The summed E-state index contributed by atoms with van der Waals surface area (Å²) in [5.74, 6) is 0.583. The third-order valence-corrected chi connectivity index (χ3v) is 3.90. The van der Waals surface area contributed by atoms with Gasteiger partial charge in [0.25, 0.3) is 0 Å². The molecule has 0 aliphatic carbocycles. The molecule has 0 unspecified atom stereocenters. The highest BCUT2D eigenvalue weighted by atomic mass is 79.9. The standard InChI is InChI=1S/C14H14BrNS/c1-10(2)11-3-6-13(7-4-11)17-14-8-5-12(15)9-16-14/h3-10H,1-2H3. The van der Waals surface area contributed by atoms with Crippen LogP contribution in [0.2, 0.25) is 0 Å². The van der Waals surface area contributed by atoms with Crippen molar-refractivity contribution in [1.29, 1.82) is 0 Å². The third kappa shape index (κ3) is 3.58. The molecule has 17 heavy (non-hydrogen) atoms.